The number of aromatic nitrogens is 4. The van der Waals surface area contributed by atoms with Gasteiger partial charge in [0.1, 0.15) is 17.4 Å². The Morgan fingerprint density at radius 3 is 2.62 bits per heavy atom. The lowest BCUT2D eigenvalue weighted by atomic mass is 10.1. The number of amides is 1. The Morgan fingerprint density at radius 2 is 1.86 bits per heavy atom. The van der Waals surface area contributed by atoms with Crippen LogP contribution in [0.4, 0.5) is 11.5 Å². The summed E-state index contributed by atoms with van der Waals surface area (Å²) in [7, 11) is 1.80. The molecule has 148 valence electrons. The Bertz CT molecular complexity index is 1040. The molecule has 1 aliphatic carbocycles. The van der Waals surface area contributed by atoms with Crippen LogP contribution in [0.2, 0.25) is 0 Å². The van der Waals surface area contributed by atoms with Crippen LogP contribution in [0, 0.1) is 0 Å². The van der Waals surface area contributed by atoms with Crippen molar-refractivity contribution >= 4 is 17.4 Å². The van der Waals surface area contributed by atoms with E-state index in [1.54, 1.807) is 24.3 Å². The number of carbonyl (C=O) groups excluding carboxylic acids is 1. The lowest BCUT2D eigenvalue weighted by Gasteiger charge is -2.42. The molecule has 1 aromatic carbocycles. The fourth-order valence-electron chi connectivity index (χ4n) is 4.58. The van der Waals surface area contributed by atoms with E-state index in [-0.39, 0.29) is 11.9 Å². The minimum atomic E-state index is -0.228. The number of hydrogen-bond acceptors (Lipinski definition) is 5. The third-order valence-electron chi connectivity index (χ3n) is 6.13. The van der Waals surface area contributed by atoms with Crippen molar-refractivity contribution in [2.75, 3.05) is 16.8 Å². The SMILES string of the molecule is C[C@@H]1C(=O)N(C)c2cnc(-c3[nH]ncc3-c3ccccc3)nc2N1C1CCCC1. The van der Waals surface area contributed by atoms with Crippen LogP contribution in [0.1, 0.15) is 32.6 Å². The van der Waals surface area contributed by atoms with Gasteiger partial charge in [0.15, 0.2) is 11.6 Å². The van der Waals surface area contributed by atoms with Crippen LogP contribution in [-0.2, 0) is 4.79 Å². The Morgan fingerprint density at radius 1 is 1.10 bits per heavy atom. The van der Waals surface area contributed by atoms with Crippen LogP contribution in [0.15, 0.2) is 42.7 Å². The molecule has 1 N–H and O–H groups in total. The van der Waals surface area contributed by atoms with E-state index >= 15 is 0 Å². The molecule has 1 fully saturated rings. The predicted octanol–water partition coefficient (Wildman–Crippen LogP) is 3.65. The number of aromatic amines is 1. The van der Waals surface area contributed by atoms with E-state index in [9.17, 15) is 4.79 Å². The average molecular weight is 388 g/mol. The van der Waals surface area contributed by atoms with Gasteiger partial charge >= 0.3 is 0 Å². The number of nitrogens with one attached hydrogen (secondary N) is 1. The zero-order valence-electron chi connectivity index (χ0n) is 16.7. The summed E-state index contributed by atoms with van der Waals surface area (Å²) in [6, 6.07) is 10.2. The maximum Gasteiger partial charge on any atom is 0.249 e. The topological polar surface area (TPSA) is 78.0 Å². The molecule has 29 heavy (non-hydrogen) atoms. The highest BCUT2D eigenvalue weighted by molar-refractivity contribution is 6.04. The first kappa shape index (κ1) is 17.8. The summed E-state index contributed by atoms with van der Waals surface area (Å²) in [4.78, 5) is 26.3. The predicted molar refractivity (Wildman–Crippen MR) is 113 cm³/mol. The molecule has 1 aliphatic heterocycles. The summed E-state index contributed by atoms with van der Waals surface area (Å²) in [6.45, 7) is 1.98. The third kappa shape index (κ3) is 2.88. The van der Waals surface area contributed by atoms with Crippen LogP contribution >= 0.6 is 0 Å². The summed E-state index contributed by atoms with van der Waals surface area (Å²) in [6.07, 6.45) is 8.16. The zero-order valence-corrected chi connectivity index (χ0v) is 16.7. The fraction of sp³-hybridized carbons (Fsp3) is 0.364. The van der Waals surface area contributed by atoms with E-state index < -0.39 is 0 Å². The molecule has 3 heterocycles. The molecular formula is C22H24N6O. The van der Waals surface area contributed by atoms with Crippen LogP contribution in [0.25, 0.3) is 22.6 Å². The van der Waals surface area contributed by atoms with Gasteiger partial charge in [0.2, 0.25) is 5.91 Å². The first-order valence-electron chi connectivity index (χ1n) is 10.2. The smallest absolute Gasteiger partial charge is 0.249 e. The number of carbonyl (C=O) groups is 1. The van der Waals surface area contributed by atoms with Gasteiger partial charge in [0.25, 0.3) is 0 Å². The molecule has 7 heteroatoms. The number of H-pyrrole nitrogens is 1. The summed E-state index contributed by atoms with van der Waals surface area (Å²) in [5.41, 5.74) is 3.58. The van der Waals surface area contributed by atoms with Crippen molar-refractivity contribution in [2.24, 2.45) is 0 Å². The van der Waals surface area contributed by atoms with Gasteiger partial charge in [-0.25, -0.2) is 9.97 Å². The Kier molecular flexibility index (Phi) is 4.30. The number of rotatable bonds is 3. The van der Waals surface area contributed by atoms with Crippen LogP contribution < -0.4 is 9.80 Å². The number of hydrogen-bond donors (Lipinski definition) is 1. The molecule has 0 unspecified atom stereocenters. The maximum absolute atomic E-state index is 12.8. The lowest BCUT2D eigenvalue weighted by molar-refractivity contribution is -0.119. The molecule has 2 aromatic heterocycles. The van der Waals surface area contributed by atoms with E-state index in [4.69, 9.17) is 4.98 Å². The summed E-state index contributed by atoms with van der Waals surface area (Å²) in [5, 5.41) is 7.31. The number of likely N-dealkylation sites (N-methyl/N-ethyl adjacent to an activating group) is 1. The van der Waals surface area contributed by atoms with Crippen molar-refractivity contribution in [3.63, 3.8) is 0 Å². The largest absolute Gasteiger partial charge is 0.340 e. The molecule has 1 saturated carbocycles. The fourth-order valence-corrected chi connectivity index (χ4v) is 4.58. The number of fused-ring (bicyclic) bond motifs is 1. The van der Waals surface area contributed by atoms with Gasteiger partial charge in [-0.15, -0.1) is 0 Å². The van der Waals surface area contributed by atoms with Crippen molar-refractivity contribution < 1.29 is 4.79 Å². The number of benzene rings is 1. The monoisotopic (exact) mass is 388 g/mol. The Labute approximate surface area is 169 Å². The van der Waals surface area contributed by atoms with Gasteiger partial charge < -0.3 is 9.80 Å². The van der Waals surface area contributed by atoms with Crippen molar-refractivity contribution in [2.45, 2.75) is 44.7 Å². The normalized spacial score (nSPS) is 19.7. The van der Waals surface area contributed by atoms with Crippen molar-refractivity contribution in [1.82, 2.24) is 20.2 Å². The van der Waals surface area contributed by atoms with Crippen molar-refractivity contribution in [3.05, 3.63) is 42.7 Å². The molecule has 5 rings (SSSR count). The first-order valence-corrected chi connectivity index (χ1v) is 10.2. The second kappa shape index (κ2) is 6.99. The molecule has 2 aliphatic rings. The van der Waals surface area contributed by atoms with Crippen LogP contribution in [0.3, 0.4) is 0 Å². The Hall–Kier alpha value is -3.22. The number of nitrogens with zero attached hydrogens (tertiary/aromatic N) is 5. The molecule has 0 spiro atoms. The van der Waals surface area contributed by atoms with Crippen molar-refractivity contribution in [1.29, 1.82) is 0 Å². The van der Waals surface area contributed by atoms with E-state index in [1.165, 1.54) is 12.8 Å². The summed E-state index contributed by atoms with van der Waals surface area (Å²) in [5.74, 6) is 1.52. The molecule has 1 amide bonds. The van der Waals surface area contributed by atoms with E-state index in [1.807, 2.05) is 37.3 Å². The standard InChI is InChI=1S/C22H24N6O/c1-14-22(29)27(2)18-13-23-20(25-21(18)28(14)16-10-6-7-11-16)19-17(12-24-26-19)15-8-4-3-5-9-15/h3-5,8-9,12-14,16H,6-7,10-11H2,1-2H3,(H,24,26)/t14-/m1/s1. The lowest BCUT2D eigenvalue weighted by Crippen LogP contribution is -2.54. The molecule has 0 bridgehead atoms. The van der Waals surface area contributed by atoms with Gasteiger partial charge in [-0.1, -0.05) is 43.2 Å². The molecular weight excluding hydrogens is 364 g/mol. The van der Waals surface area contributed by atoms with E-state index in [0.29, 0.717) is 11.9 Å². The molecule has 0 saturated heterocycles. The molecule has 7 nitrogen and oxygen atoms in total. The highest BCUT2D eigenvalue weighted by Crippen LogP contribution is 2.40. The number of anilines is 2. The highest BCUT2D eigenvalue weighted by atomic mass is 16.2. The first-order chi connectivity index (χ1) is 14.1. The zero-order chi connectivity index (χ0) is 20.0. The summed E-state index contributed by atoms with van der Waals surface area (Å²) >= 11 is 0. The second-order valence-corrected chi connectivity index (χ2v) is 7.85. The summed E-state index contributed by atoms with van der Waals surface area (Å²) < 4.78 is 0. The van der Waals surface area contributed by atoms with Gasteiger partial charge in [-0.3, -0.25) is 9.89 Å². The Balaban J connectivity index is 1.62. The molecule has 3 aromatic rings. The van der Waals surface area contributed by atoms with Gasteiger partial charge in [-0.2, -0.15) is 5.10 Å². The third-order valence-corrected chi connectivity index (χ3v) is 6.13. The minimum Gasteiger partial charge on any atom is -0.340 e. The minimum absolute atomic E-state index is 0.0901. The molecule has 0 radical (unpaired) electrons. The van der Waals surface area contributed by atoms with Crippen LogP contribution in [-0.4, -0.2) is 45.2 Å². The highest BCUT2D eigenvalue weighted by Gasteiger charge is 2.39. The average Bonchev–Trinajstić information content (AvgIpc) is 3.45. The van der Waals surface area contributed by atoms with E-state index in [2.05, 4.69) is 20.1 Å². The van der Waals surface area contributed by atoms with E-state index in [0.717, 1.165) is 41.2 Å². The van der Waals surface area contributed by atoms with Crippen LogP contribution in [0.5, 0.6) is 0 Å². The van der Waals surface area contributed by atoms with Crippen molar-refractivity contribution in [3.8, 4) is 22.6 Å². The van der Waals surface area contributed by atoms with Gasteiger partial charge in [0.05, 0.1) is 12.4 Å². The maximum atomic E-state index is 12.8. The quantitative estimate of drug-likeness (QED) is 0.741. The van der Waals surface area contributed by atoms with Gasteiger partial charge in [0, 0.05) is 18.7 Å². The molecule has 1 atom stereocenters. The van der Waals surface area contributed by atoms with Gasteiger partial charge in [-0.05, 0) is 25.3 Å². The second-order valence-electron chi connectivity index (χ2n) is 7.85.